The number of thiophene rings is 1. The minimum Gasteiger partial charge on any atom is -0.478 e. The van der Waals surface area contributed by atoms with Crippen molar-refractivity contribution in [2.75, 3.05) is 63.5 Å². The zero-order chi connectivity index (χ0) is 41.2. The number of aryl methyl sites for hydroxylation is 2. The second-order valence-electron chi connectivity index (χ2n) is 16.4. The highest BCUT2D eigenvalue weighted by Gasteiger charge is 2.42. The van der Waals surface area contributed by atoms with Gasteiger partial charge in [-0.2, -0.15) is 0 Å². The highest BCUT2D eigenvalue weighted by Crippen LogP contribution is 2.39. The lowest BCUT2D eigenvalue weighted by Gasteiger charge is -2.42. The summed E-state index contributed by atoms with van der Waals surface area (Å²) in [4.78, 5) is 62.4. The largest absolute Gasteiger partial charge is 0.478 e. The third-order valence-electron chi connectivity index (χ3n) is 12.3. The molecule has 2 unspecified atom stereocenters. The van der Waals surface area contributed by atoms with Gasteiger partial charge in [0.25, 0.3) is 11.8 Å². The molecule has 2 bridgehead atoms. The molecule has 3 N–H and O–H groups in total. The summed E-state index contributed by atoms with van der Waals surface area (Å²) in [6.45, 7) is 6.52. The van der Waals surface area contributed by atoms with Crippen LogP contribution in [0.4, 0.5) is 19.5 Å². The van der Waals surface area contributed by atoms with Gasteiger partial charge in [-0.05, 0) is 112 Å². The van der Waals surface area contributed by atoms with Gasteiger partial charge in [-0.1, -0.05) is 24.3 Å². The van der Waals surface area contributed by atoms with Gasteiger partial charge in [0.15, 0.2) is 0 Å². The Labute approximate surface area is 347 Å². The molecule has 4 heterocycles. The third kappa shape index (κ3) is 9.25. The fourth-order valence-electron chi connectivity index (χ4n) is 9.13. The van der Waals surface area contributed by atoms with E-state index in [1.165, 1.54) is 23.5 Å². The molecular formula is C45H50F2N6O5S. The Morgan fingerprint density at radius 1 is 0.780 bits per heavy atom. The number of piperazine rings is 2. The van der Waals surface area contributed by atoms with E-state index in [0.29, 0.717) is 42.1 Å². The van der Waals surface area contributed by atoms with Crippen LogP contribution in [0.15, 0.2) is 60.7 Å². The van der Waals surface area contributed by atoms with Gasteiger partial charge in [0, 0.05) is 79.6 Å². The molecule has 0 saturated carbocycles. The van der Waals surface area contributed by atoms with E-state index in [1.54, 1.807) is 18.2 Å². The number of carbonyl (C=O) groups excluding carboxylic acids is 3. The standard InChI is InChI=1S/C45H50F2N6O5S/c1-50-17-19-51(20-18-50)27-40(54)53-33-14-15-34(53)26-52(25-33)24-29-5-4-6-31(21-29)42(55)49-44-41(36-7-2-3-8-39(36)59-44)43(56)48-32-22-37(46)35(38(47)23-32)16-11-28-9-12-30(13-10-28)45(57)58/h4-6,9-10,12-13,21-23,33-34H,2-3,7-8,11,14-20,24-27H2,1H3,(H,48,56)(H,49,55)(H,57,58). The molecule has 0 spiro atoms. The summed E-state index contributed by atoms with van der Waals surface area (Å²) in [5, 5.41) is 15.2. The first-order valence-corrected chi connectivity index (χ1v) is 21.4. The molecule has 4 aromatic rings. The zero-order valence-electron chi connectivity index (χ0n) is 33.3. The van der Waals surface area contributed by atoms with Crippen molar-refractivity contribution in [3.8, 4) is 0 Å². The number of carboxylic acids is 1. The maximum atomic E-state index is 15.3. The van der Waals surface area contributed by atoms with Crippen LogP contribution in [0.25, 0.3) is 0 Å². The molecule has 2 atom stereocenters. The summed E-state index contributed by atoms with van der Waals surface area (Å²) >= 11 is 1.37. The van der Waals surface area contributed by atoms with Crippen LogP contribution in [0, 0.1) is 11.6 Å². The van der Waals surface area contributed by atoms with Crippen molar-refractivity contribution in [3.05, 3.63) is 116 Å². The number of nitrogens with zero attached hydrogens (tertiary/aromatic N) is 4. The Morgan fingerprint density at radius 3 is 2.17 bits per heavy atom. The SMILES string of the molecule is CN1CCN(CC(=O)N2C3CCC2CN(Cc2cccc(C(=O)Nc4sc5c(c4C(=O)Nc4cc(F)c(CCc6ccc(C(=O)O)cc6)c(F)c4)CCCC5)c2)C3)CC1. The Kier molecular flexibility index (Phi) is 12.2. The zero-order valence-corrected chi connectivity index (χ0v) is 34.1. The third-order valence-corrected chi connectivity index (χ3v) is 13.5. The number of amides is 3. The summed E-state index contributed by atoms with van der Waals surface area (Å²) in [6, 6.07) is 16.2. The normalized spacial score (nSPS) is 19.7. The Hall–Kier alpha value is -5.02. The van der Waals surface area contributed by atoms with E-state index in [-0.39, 0.29) is 47.1 Å². The average Bonchev–Trinajstić information content (AvgIpc) is 3.72. The molecule has 14 heteroatoms. The Morgan fingerprint density at radius 2 is 1.47 bits per heavy atom. The molecule has 310 valence electrons. The lowest BCUT2D eigenvalue weighted by Crippen LogP contribution is -2.58. The van der Waals surface area contributed by atoms with Gasteiger partial charge in [-0.15, -0.1) is 11.3 Å². The summed E-state index contributed by atoms with van der Waals surface area (Å²) in [5.41, 5.74) is 3.32. The van der Waals surface area contributed by atoms with Crippen LogP contribution in [0.5, 0.6) is 0 Å². The van der Waals surface area contributed by atoms with Crippen molar-refractivity contribution in [3.63, 3.8) is 0 Å². The molecule has 1 aliphatic carbocycles. The molecule has 0 radical (unpaired) electrons. The number of aromatic carboxylic acids is 1. The number of anilines is 2. The number of likely N-dealkylation sites (tertiary alicyclic amines) is 1. The summed E-state index contributed by atoms with van der Waals surface area (Å²) in [6.07, 6.45) is 5.63. The number of rotatable bonds is 12. The molecule has 59 heavy (non-hydrogen) atoms. The molecule has 1 aromatic heterocycles. The highest BCUT2D eigenvalue weighted by molar-refractivity contribution is 7.17. The number of benzene rings is 3. The minimum absolute atomic E-state index is 0.0334. The number of fused-ring (bicyclic) bond motifs is 3. The van der Waals surface area contributed by atoms with Gasteiger partial charge in [0.2, 0.25) is 5.91 Å². The molecule has 3 aromatic carbocycles. The number of hydrogen-bond acceptors (Lipinski definition) is 8. The highest BCUT2D eigenvalue weighted by atomic mass is 32.1. The maximum Gasteiger partial charge on any atom is 0.335 e. The number of hydrogen-bond donors (Lipinski definition) is 3. The minimum atomic E-state index is -1.05. The fourth-order valence-corrected chi connectivity index (χ4v) is 10.4. The lowest BCUT2D eigenvalue weighted by atomic mass is 9.95. The molecule has 4 aliphatic rings. The van der Waals surface area contributed by atoms with Crippen LogP contribution >= 0.6 is 11.3 Å². The van der Waals surface area contributed by atoms with Crippen LogP contribution in [-0.2, 0) is 37.0 Å². The number of carbonyl (C=O) groups is 4. The van der Waals surface area contributed by atoms with E-state index in [4.69, 9.17) is 5.11 Å². The smallest absolute Gasteiger partial charge is 0.335 e. The molecule has 3 aliphatic heterocycles. The van der Waals surface area contributed by atoms with Gasteiger partial charge in [0.05, 0.1) is 17.7 Å². The molecule has 3 fully saturated rings. The fraction of sp³-hybridized carbons (Fsp3) is 0.422. The summed E-state index contributed by atoms with van der Waals surface area (Å²) in [5.74, 6) is -3.31. The van der Waals surface area contributed by atoms with E-state index in [0.717, 1.165) is 105 Å². The molecular weight excluding hydrogens is 775 g/mol. The first kappa shape index (κ1) is 40.7. The quantitative estimate of drug-likeness (QED) is 0.152. The van der Waals surface area contributed by atoms with Crippen molar-refractivity contribution in [2.24, 2.45) is 0 Å². The van der Waals surface area contributed by atoms with E-state index in [2.05, 4.69) is 37.3 Å². The van der Waals surface area contributed by atoms with E-state index in [1.807, 2.05) is 18.2 Å². The van der Waals surface area contributed by atoms with Gasteiger partial charge in [-0.3, -0.25) is 24.2 Å². The van der Waals surface area contributed by atoms with E-state index in [9.17, 15) is 19.2 Å². The van der Waals surface area contributed by atoms with Crippen LogP contribution < -0.4 is 10.6 Å². The monoisotopic (exact) mass is 824 g/mol. The number of carboxylic acid groups (broad SMARTS) is 1. The first-order valence-electron chi connectivity index (χ1n) is 20.6. The second kappa shape index (κ2) is 17.7. The van der Waals surface area contributed by atoms with Crippen molar-refractivity contribution in [2.45, 2.75) is 70.0 Å². The van der Waals surface area contributed by atoms with Crippen LogP contribution in [-0.4, -0.2) is 113 Å². The molecule has 3 amide bonds. The van der Waals surface area contributed by atoms with Crippen molar-refractivity contribution < 1.29 is 33.1 Å². The summed E-state index contributed by atoms with van der Waals surface area (Å²) < 4.78 is 30.6. The summed E-state index contributed by atoms with van der Waals surface area (Å²) in [7, 11) is 2.12. The van der Waals surface area contributed by atoms with Crippen molar-refractivity contribution in [1.29, 1.82) is 0 Å². The van der Waals surface area contributed by atoms with Gasteiger partial charge >= 0.3 is 5.97 Å². The number of nitrogens with one attached hydrogen (secondary N) is 2. The molecule has 8 rings (SSSR count). The lowest BCUT2D eigenvalue weighted by molar-refractivity contribution is -0.138. The Balaban J connectivity index is 0.910. The predicted octanol–water partition coefficient (Wildman–Crippen LogP) is 6.32. The Bertz CT molecular complexity index is 2200. The second-order valence-corrected chi connectivity index (χ2v) is 17.5. The molecule has 3 saturated heterocycles. The maximum absolute atomic E-state index is 15.3. The van der Waals surface area contributed by atoms with Crippen LogP contribution in [0.3, 0.4) is 0 Å². The predicted molar refractivity (Wildman–Crippen MR) is 223 cm³/mol. The molecule has 11 nitrogen and oxygen atoms in total. The van der Waals surface area contributed by atoms with Gasteiger partial charge in [-0.25, -0.2) is 13.6 Å². The van der Waals surface area contributed by atoms with Gasteiger partial charge < -0.3 is 25.5 Å². The van der Waals surface area contributed by atoms with Gasteiger partial charge in [0.1, 0.15) is 16.6 Å². The van der Waals surface area contributed by atoms with E-state index >= 15 is 8.78 Å². The van der Waals surface area contributed by atoms with E-state index < -0.39 is 23.5 Å². The topological polar surface area (TPSA) is 126 Å². The van der Waals surface area contributed by atoms with Crippen LogP contribution in [0.2, 0.25) is 0 Å². The van der Waals surface area contributed by atoms with Crippen LogP contribution in [0.1, 0.15) is 83.9 Å². The van der Waals surface area contributed by atoms with Crippen molar-refractivity contribution in [1.82, 2.24) is 19.6 Å². The average molecular weight is 825 g/mol. The first-order chi connectivity index (χ1) is 28.5. The number of likely N-dealkylation sites (N-methyl/N-ethyl adjacent to an activating group) is 1. The number of halogens is 2. The van der Waals surface area contributed by atoms with Crippen molar-refractivity contribution >= 4 is 45.7 Å².